The van der Waals surface area contributed by atoms with Gasteiger partial charge in [0.15, 0.2) is 0 Å². The normalized spacial score (nSPS) is 20.2. The number of likely N-dealkylation sites (tertiary alicyclic amines) is 1. The number of piperidine rings is 1. The molecule has 0 aliphatic carbocycles. The predicted molar refractivity (Wildman–Crippen MR) is 79.6 cm³/mol. The summed E-state index contributed by atoms with van der Waals surface area (Å²) < 4.78 is 0. The Morgan fingerprint density at radius 2 is 1.86 bits per heavy atom. The Morgan fingerprint density at radius 1 is 1.14 bits per heavy atom. The van der Waals surface area contributed by atoms with E-state index in [1.165, 1.54) is 5.56 Å². The summed E-state index contributed by atoms with van der Waals surface area (Å²) in [6.45, 7) is 1.67. The molecular formula is C16H19N3O2. The second-order valence-corrected chi connectivity index (χ2v) is 5.67. The average molecular weight is 285 g/mol. The van der Waals surface area contributed by atoms with E-state index in [4.69, 9.17) is 0 Å². The van der Waals surface area contributed by atoms with Gasteiger partial charge in [-0.25, -0.2) is 0 Å². The average Bonchev–Trinajstić information content (AvgIpc) is 2.48. The van der Waals surface area contributed by atoms with E-state index >= 15 is 0 Å². The Hall–Kier alpha value is -2.17. The Morgan fingerprint density at radius 3 is 2.52 bits per heavy atom. The molecule has 0 aromatic heterocycles. The molecule has 5 heteroatoms. The van der Waals surface area contributed by atoms with Gasteiger partial charge in [0, 0.05) is 13.1 Å². The molecule has 0 radical (unpaired) electrons. The fourth-order valence-electron chi connectivity index (χ4n) is 2.94. The van der Waals surface area contributed by atoms with Crippen molar-refractivity contribution in [1.29, 1.82) is 0 Å². The molecule has 21 heavy (non-hydrogen) atoms. The maximum absolute atomic E-state index is 11.4. The van der Waals surface area contributed by atoms with Crippen LogP contribution in [0.5, 0.6) is 0 Å². The van der Waals surface area contributed by atoms with Crippen LogP contribution in [0.1, 0.15) is 24.8 Å². The zero-order valence-corrected chi connectivity index (χ0v) is 11.9. The number of nitrogens with zero attached hydrogens (tertiary/aromatic N) is 2. The minimum atomic E-state index is -0.347. The second-order valence-electron chi connectivity index (χ2n) is 5.67. The molecule has 1 aromatic carbocycles. The van der Waals surface area contributed by atoms with E-state index in [0.717, 1.165) is 32.4 Å². The van der Waals surface area contributed by atoms with Gasteiger partial charge < -0.3 is 4.90 Å². The summed E-state index contributed by atoms with van der Waals surface area (Å²) in [5.41, 5.74) is 1.37. The van der Waals surface area contributed by atoms with Crippen molar-refractivity contribution in [3.8, 4) is 0 Å². The minimum Gasteiger partial charge on any atom is -0.342 e. The lowest BCUT2D eigenvalue weighted by Crippen LogP contribution is -2.50. The lowest BCUT2D eigenvalue weighted by Gasteiger charge is -2.34. The molecule has 0 bridgehead atoms. The first-order valence-electron chi connectivity index (χ1n) is 7.41. The molecule has 1 aromatic rings. The predicted octanol–water partition coefficient (Wildman–Crippen LogP) is 1.34. The van der Waals surface area contributed by atoms with Gasteiger partial charge in [0.05, 0.1) is 0 Å². The number of amides is 2. The van der Waals surface area contributed by atoms with Crippen molar-refractivity contribution in [3.05, 3.63) is 35.9 Å². The van der Waals surface area contributed by atoms with Gasteiger partial charge in [-0.1, -0.05) is 30.3 Å². The topological polar surface area (TPSA) is 61.8 Å². The minimum absolute atomic E-state index is 0.131. The Balaban J connectivity index is 1.56. The molecule has 2 aliphatic heterocycles. The fourth-order valence-corrected chi connectivity index (χ4v) is 2.94. The largest absolute Gasteiger partial charge is 0.342 e. The van der Waals surface area contributed by atoms with E-state index < -0.39 is 0 Å². The zero-order valence-electron chi connectivity index (χ0n) is 11.9. The third-order valence-corrected chi connectivity index (χ3v) is 4.07. The van der Waals surface area contributed by atoms with Gasteiger partial charge in [-0.05, 0) is 30.7 Å². The molecule has 110 valence electrons. The van der Waals surface area contributed by atoms with Gasteiger partial charge in [-0.15, -0.1) is 0 Å². The van der Waals surface area contributed by atoms with Crippen LogP contribution in [0.15, 0.2) is 35.3 Å². The third-order valence-electron chi connectivity index (χ3n) is 4.07. The Labute approximate surface area is 124 Å². The highest BCUT2D eigenvalue weighted by atomic mass is 16.2. The summed E-state index contributed by atoms with van der Waals surface area (Å²) >= 11 is 0. The molecule has 5 nitrogen and oxygen atoms in total. The number of guanidine groups is 1. The Bertz CT molecular complexity index is 560. The summed E-state index contributed by atoms with van der Waals surface area (Å²) in [6, 6.07) is 10.5. The SMILES string of the molecule is O=C1CC(=O)NC(N2CCC(Cc3ccccc3)CC2)=N1. The van der Waals surface area contributed by atoms with Gasteiger partial charge in [0.25, 0.3) is 5.91 Å². The van der Waals surface area contributed by atoms with Crippen molar-refractivity contribution in [2.45, 2.75) is 25.7 Å². The lowest BCUT2D eigenvalue weighted by atomic mass is 9.90. The number of carbonyl (C=O) groups is 2. The third kappa shape index (κ3) is 3.48. The smallest absolute Gasteiger partial charge is 0.258 e. The van der Waals surface area contributed by atoms with Gasteiger partial charge in [-0.2, -0.15) is 4.99 Å². The molecule has 2 heterocycles. The van der Waals surface area contributed by atoms with Crippen molar-refractivity contribution in [1.82, 2.24) is 10.2 Å². The molecule has 1 N–H and O–H groups in total. The number of benzene rings is 1. The van der Waals surface area contributed by atoms with Crippen molar-refractivity contribution in [2.24, 2.45) is 10.9 Å². The summed E-state index contributed by atoms with van der Waals surface area (Å²) in [7, 11) is 0. The monoisotopic (exact) mass is 285 g/mol. The van der Waals surface area contributed by atoms with Crippen LogP contribution in [0.3, 0.4) is 0 Å². The molecule has 1 saturated heterocycles. The van der Waals surface area contributed by atoms with E-state index in [-0.39, 0.29) is 18.2 Å². The van der Waals surface area contributed by atoms with Crippen LogP contribution in [0.25, 0.3) is 0 Å². The van der Waals surface area contributed by atoms with E-state index in [9.17, 15) is 9.59 Å². The van der Waals surface area contributed by atoms with Crippen molar-refractivity contribution in [3.63, 3.8) is 0 Å². The highest BCUT2D eigenvalue weighted by Crippen LogP contribution is 2.22. The van der Waals surface area contributed by atoms with Crippen LogP contribution < -0.4 is 5.32 Å². The maximum atomic E-state index is 11.4. The van der Waals surface area contributed by atoms with E-state index in [2.05, 4.69) is 34.6 Å². The summed E-state index contributed by atoms with van der Waals surface area (Å²) in [5, 5.41) is 2.70. The van der Waals surface area contributed by atoms with Gasteiger partial charge in [0.2, 0.25) is 11.9 Å². The van der Waals surface area contributed by atoms with Gasteiger partial charge >= 0.3 is 0 Å². The number of rotatable bonds is 2. The number of nitrogens with one attached hydrogen (secondary N) is 1. The van der Waals surface area contributed by atoms with Crippen LogP contribution in [0.2, 0.25) is 0 Å². The van der Waals surface area contributed by atoms with Crippen LogP contribution in [-0.2, 0) is 16.0 Å². The number of hydrogen-bond acceptors (Lipinski definition) is 3. The van der Waals surface area contributed by atoms with Gasteiger partial charge in [-0.3, -0.25) is 14.9 Å². The number of aliphatic imine (C=N–C) groups is 1. The molecule has 2 aliphatic rings. The maximum Gasteiger partial charge on any atom is 0.258 e. The van der Waals surface area contributed by atoms with Crippen LogP contribution >= 0.6 is 0 Å². The zero-order chi connectivity index (χ0) is 14.7. The van der Waals surface area contributed by atoms with Crippen molar-refractivity contribution >= 4 is 17.8 Å². The molecule has 0 spiro atoms. The number of hydrogen-bond donors (Lipinski definition) is 1. The molecular weight excluding hydrogens is 266 g/mol. The van der Waals surface area contributed by atoms with Crippen molar-refractivity contribution in [2.75, 3.05) is 13.1 Å². The second kappa shape index (κ2) is 6.08. The molecule has 1 fully saturated rings. The quantitative estimate of drug-likeness (QED) is 0.834. The molecule has 3 rings (SSSR count). The molecule has 0 saturated carbocycles. The van der Waals surface area contributed by atoms with E-state index in [1.54, 1.807) is 0 Å². The summed E-state index contributed by atoms with van der Waals surface area (Å²) in [6.07, 6.45) is 3.07. The first kappa shape index (κ1) is 13.8. The van der Waals surface area contributed by atoms with Crippen LogP contribution in [-0.4, -0.2) is 35.8 Å². The first-order valence-corrected chi connectivity index (χ1v) is 7.41. The van der Waals surface area contributed by atoms with E-state index in [1.807, 2.05) is 11.0 Å². The molecule has 0 atom stereocenters. The summed E-state index contributed by atoms with van der Waals surface area (Å²) in [5.74, 6) is 0.491. The molecule has 0 unspecified atom stereocenters. The van der Waals surface area contributed by atoms with Crippen LogP contribution in [0.4, 0.5) is 0 Å². The lowest BCUT2D eigenvalue weighted by molar-refractivity contribution is -0.127. The molecule has 2 amide bonds. The standard InChI is InChI=1S/C16H19N3O2/c20-14-11-15(21)18-16(17-14)19-8-6-13(7-9-19)10-12-4-2-1-3-5-12/h1-5,13H,6-11H2,(H,17,18,20,21). The van der Waals surface area contributed by atoms with Crippen molar-refractivity contribution < 1.29 is 9.59 Å². The summed E-state index contributed by atoms with van der Waals surface area (Å²) in [4.78, 5) is 28.7. The number of carbonyl (C=O) groups excluding carboxylic acids is 2. The Kier molecular flexibility index (Phi) is 3.99. The highest BCUT2D eigenvalue weighted by Gasteiger charge is 2.26. The highest BCUT2D eigenvalue weighted by molar-refractivity contribution is 6.13. The first-order chi connectivity index (χ1) is 10.2. The van der Waals surface area contributed by atoms with Crippen LogP contribution in [0, 0.1) is 5.92 Å². The van der Waals surface area contributed by atoms with Gasteiger partial charge in [0.1, 0.15) is 6.42 Å². The van der Waals surface area contributed by atoms with E-state index in [0.29, 0.717) is 11.9 Å². The fraction of sp³-hybridized carbons (Fsp3) is 0.438.